The molecule has 1 N–H and O–H groups in total. The van der Waals surface area contributed by atoms with Crippen LogP contribution in [0.25, 0.3) is 0 Å². The van der Waals surface area contributed by atoms with Gasteiger partial charge in [-0.05, 0) is 38.3 Å². The number of carbonyl (C=O) groups is 1. The van der Waals surface area contributed by atoms with E-state index in [9.17, 15) is 4.79 Å². The molecule has 2 aliphatic rings. The van der Waals surface area contributed by atoms with Gasteiger partial charge in [0.05, 0.1) is 12.2 Å². The van der Waals surface area contributed by atoms with Crippen LogP contribution in [0.5, 0.6) is 0 Å². The SMILES string of the molecule is CCOC(=O)c1ccccc1NC1CCN(C2CC2)C1. The second-order valence-electron chi connectivity index (χ2n) is 5.62. The Hall–Kier alpha value is -1.55. The predicted molar refractivity (Wildman–Crippen MR) is 79.0 cm³/mol. The van der Waals surface area contributed by atoms with E-state index < -0.39 is 0 Å². The van der Waals surface area contributed by atoms with Gasteiger partial charge in [0.15, 0.2) is 0 Å². The predicted octanol–water partition coefficient (Wildman–Crippen LogP) is 2.51. The minimum Gasteiger partial charge on any atom is -0.462 e. The van der Waals surface area contributed by atoms with Crippen LogP contribution in [-0.2, 0) is 4.74 Å². The Labute approximate surface area is 120 Å². The van der Waals surface area contributed by atoms with Crippen molar-refractivity contribution in [2.24, 2.45) is 0 Å². The lowest BCUT2D eigenvalue weighted by Gasteiger charge is -2.18. The fraction of sp³-hybridized carbons (Fsp3) is 0.562. The number of hydrogen-bond donors (Lipinski definition) is 1. The molecule has 2 fully saturated rings. The third-order valence-electron chi connectivity index (χ3n) is 4.06. The van der Waals surface area contributed by atoms with E-state index in [0.29, 0.717) is 18.2 Å². The van der Waals surface area contributed by atoms with E-state index in [2.05, 4.69) is 10.2 Å². The smallest absolute Gasteiger partial charge is 0.340 e. The Morgan fingerprint density at radius 1 is 1.35 bits per heavy atom. The number of para-hydroxylation sites is 1. The summed E-state index contributed by atoms with van der Waals surface area (Å²) in [6.45, 7) is 4.50. The maximum atomic E-state index is 11.9. The van der Waals surface area contributed by atoms with Gasteiger partial charge in [-0.25, -0.2) is 4.79 Å². The molecular weight excluding hydrogens is 252 g/mol. The zero-order valence-corrected chi connectivity index (χ0v) is 12.0. The van der Waals surface area contributed by atoms with E-state index >= 15 is 0 Å². The van der Waals surface area contributed by atoms with Crippen molar-refractivity contribution in [3.63, 3.8) is 0 Å². The minimum atomic E-state index is -0.243. The quantitative estimate of drug-likeness (QED) is 0.838. The van der Waals surface area contributed by atoms with Crippen LogP contribution in [0, 0.1) is 0 Å². The number of carbonyl (C=O) groups excluding carboxylic acids is 1. The summed E-state index contributed by atoms with van der Waals surface area (Å²) in [5.41, 5.74) is 1.54. The van der Waals surface area contributed by atoms with Gasteiger partial charge in [-0.15, -0.1) is 0 Å². The molecule has 1 aliphatic heterocycles. The standard InChI is InChI=1S/C16H22N2O2/c1-2-20-16(19)14-5-3-4-6-15(14)17-12-9-10-18(11-12)13-7-8-13/h3-6,12-13,17H,2,7-11H2,1H3. The number of esters is 1. The largest absolute Gasteiger partial charge is 0.462 e. The highest BCUT2D eigenvalue weighted by molar-refractivity contribution is 5.95. The monoisotopic (exact) mass is 274 g/mol. The van der Waals surface area contributed by atoms with E-state index in [4.69, 9.17) is 4.74 Å². The van der Waals surface area contributed by atoms with Gasteiger partial charge in [-0.3, -0.25) is 4.90 Å². The second kappa shape index (κ2) is 5.83. The van der Waals surface area contributed by atoms with Gasteiger partial charge >= 0.3 is 5.97 Å². The molecule has 1 unspecified atom stereocenters. The lowest BCUT2D eigenvalue weighted by Crippen LogP contribution is -2.28. The van der Waals surface area contributed by atoms with E-state index in [1.165, 1.54) is 19.4 Å². The number of rotatable bonds is 5. The number of anilines is 1. The van der Waals surface area contributed by atoms with Crippen molar-refractivity contribution in [2.45, 2.75) is 38.3 Å². The highest BCUT2D eigenvalue weighted by atomic mass is 16.5. The molecule has 1 aromatic rings. The molecule has 0 amide bonds. The van der Waals surface area contributed by atoms with Crippen LogP contribution in [0.2, 0.25) is 0 Å². The van der Waals surface area contributed by atoms with Crippen LogP contribution in [0.4, 0.5) is 5.69 Å². The van der Waals surface area contributed by atoms with E-state index in [1.54, 1.807) is 0 Å². The van der Waals surface area contributed by atoms with Crippen LogP contribution < -0.4 is 5.32 Å². The van der Waals surface area contributed by atoms with Gasteiger partial charge in [0, 0.05) is 30.9 Å². The Morgan fingerprint density at radius 2 is 2.15 bits per heavy atom. The van der Waals surface area contributed by atoms with Crippen molar-refractivity contribution in [3.8, 4) is 0 Å². The molecule has 3 rings (SSSR count). The lowest BCUT2D eigenvalue weighted by molar-refractivity contribution is 0.0527. The van der Waals surface area contributed by atoms with Crippen molar-refractivity contribution in [1.29, 1.82) is 0 Å². The number of likely N-dealkylation sites (tertiary alicyclic amines) is 1. The van der Waals surface area contributed by atoms with Gasteiger partial charge in [0.1, 0.15) is 0 Å². The van der Waals surface area contributed by atoms with E-state index in [1.807, 2.05) is 31.2 Å². The number of nitrogens with one attached hydrogen (secondary N) is 1. The summed E-state index contributed by atoms with van der Waals surface area (Å²) in [5.74, 6) is -0.243. The molecule has 4 heteroatoms. The van der Waals surface area contributed by atoms with E-state index in [-0.39, 0.29) is 5.97 Å². The van der Waals surface area contributed by atoms with Crippen LogP contribution in [-0.4, -0.2) is 42.6 Å². The Kier molecular flexibility index (Phi) is 3.92. The Balaban J connectivity index is 1.66. The fourth-order valence-corrected chi connectivity index (χ4v) is 2.89. The molecule has 20 heavy (non-hydrogen) atoms. The summed E-state index contributed by atoms with van der Waals surface area (Å²) in [7, 11) is 0. The molecule has 1 aliphatic carbocycles. The number of benzene rings is 1. The molecule has 0 radical (unpaired) electrons. The maximum Gasteiger partial charge on any atom is 0.340 e. The van der Waals surface area contributed by atoms with Gasteiger partial charge < -0.3 is 10.1 Å². The summed E-state index contributed by atoms with van der Waals surface area (Å²) in [6, 6.07) is 8.88. The average molecular weight is 274 g/mol. The fourth-order valence-electron chi connectivity index (χ4n) is 2.89. The van der Waals surface area contributed by atoms with Gasteiger partial charge in [0.25, 0.3) is 0 Å². The molecule has 1 saturated carbocycles. The molecule has 0 bridgehead atoms. The van der Waals surface area contributed by atoms with Crippen molar-refractivity contribution >= 4 is 11.7 Å². The van der Waals surface area contributed by atoms with Gasteiger partial charge in [-0.2, -0.15) is 0 Å². The van der Waals surface area contributed by atoms with Crippen molar-refractivity contribution in [3.05, 3.63) is 29.8 Å². The Bertz CT molecular complexity index is 485. The normalized spacial score (nSPS) is 22.8. The zero-order chi connectivity index (χ0) is 13.9. The van der Waals surface area contributed by atoms with Crippen molar-refractivity contribution in [2.75, 3.05) is 25.0 Å². The molecule has 1 heterocycles. The van der Waals surface area contributed by atoms with Crippen LogP contribution in [0.15, 0.2) is 24.3 Å². The highest BCUT2D eigenvalue weighted by Gasteiger charge is 2.34. The third kappa shape index (κ3) is 2.96. The molecule has 4 nitrogen and oxygen atoms in total. The molecule has 1 atom stereocenters. The molecular formula is C16H22N2O2. The average Bonchev–Trinajstić information content (AvgIpc) is 3.20. The lowest BCUT2D eigenvalue weighted by atomic mass is 10.1. The summed E-state index contributed by atoms with van der Waals surface area (Å²) in [6.07, 6.45) is 3.85. The molecule has 0 aromatic heterocycles. The molecule has 1 saturated heterocycles. The van der Waals surface area contributed by atoms with Crippen LogP contribution in [0.1, 0.15) is 36.5 Å². The van der Waals surface area contributed by atoms with Gasteiger partial charge in [-0.1, -0.05) is 12.1 Å². The number of hydrogen-bond acceptors (Lipinski definition) is 4. The number of nitrogens with zero attached hydrogens (tertiary/aromatic N) is 1. The second-order valence-corrected chi connectivity index (χ2v) is 5.62. The summed E-state index contributed by atoms with van der Waals surface area (Å²) < 4.78 is 5.11. The molecule has 1 aromatic carbocycles. The topological polar surface area (TPSA) is 41.6 Å². The third-order valence-corrected chi connectivity index (χ3v) is 4.06. The van der Waals surface area contributed by atoms with Crippen molar-refractivity contribution in [1.82, 2.24) is 4.90 Å². The first-order valence-electron chi connectivity index (χ1n) is 7.54. The molecule has 0 spiro atoms. The molecule has 108 valence electrons. The maximum absolute atomic E-state index is 11.9. The Morgan fingerprint density at radius 3 is 2.90 bits per heavy atom. The zero-order valence-electron chi connectivity index (χ0n) is 12.0. The van der Waals surface area contributed by atoms with Crippen molar-refractivity contribution < 1.29 is 9.53 Å². The summed E-state index contributed by atoms with van der Waals surface area (Å²) in [4.78, 5) is 14.5. The first-order valence-corrected chi connectivity index (χ1v) is 7.54. The first kappa shape index (κ1) is 13.4. The minimum absolute atomic E-state index is 0.243. The van der Waals surface area contributed by atoms with Gasteiger partial charge in [0.2, 0.25) is 0 Å². The highest BCUT2D eigenvalue weighted by Crippen LogP contribution is 2.31. The van der Waals surface area contributed by atoms with Crippen LogP contribution in [0.3, 0.4) is 0 Å². The summed E-state index contributed by atoms with van der Waals surface area (Å²) >= 11 is 0. The summed E-state index contributed by atoms with van der Waals surface area (Å²) in [5, 5.41) is 3.52. The number of ether oxygens (including phenoxy) is 1. The van der Waals surface area contributed by atoms with Crippen LogP contribution >= 0.6 is 0 Å². The first-order chi connectivity index (χ1) is 9.78. The van der Waals surface area contributed by atoms with E-state index in [0.717, 1.165) is 24.7 Å².